The molecular weight excluding hydrogens is 284 g/mol. The van der Waals surface area contributed by atoms with Crippen LogP contribution in [0.15, 0.2) is 24.4 Å². The minimum atomic E-state index is -0.598. The van der Waals surface area contributed by atoms with Gasteiger partial charge in [0.15, 0.2) is 0 Å². The molecule has 1 aliphatic rings. The highest BCUT2D eigenvalue weighted by molar-refractivity contribution is 5.84. The third kappa shape index (κ3) is 3.27. The summed E-state index contributed by atoms with van der Waals surface area (Å²) in [6, 6.07) is 5.27. The average Bonchev–Trinajstić information content (AvgIpc) is 2.86. The SMILES string of the molecule is CCOC(=O)[C@@H]1[C@@H](C(=O)OCC)CN(C)[C@@H]1c1ccccn1. The summed E-state index contributed by atoms with van der Waals surface area (Å²) >= 11 is 0. The van der Waals surface area contributed by atoms with Crippen molar-refractivity contribution < 1.29 is 19.1 Å². The van der Waals surface area contributed by atoms with Crippen molar-refractivity contribution in [3.05, 3.63) is 30.1 Å². The summed E-state index contributed by atoms with van der Waals surface area (Å²) in [6.45, 7) is 4.54. The van der Waals surface area contributed by atoms with Gasteiger partial charge in [0.1, 0.15) is 0 Å². The van der Waals surface area contributed by atoms with Crippen LogP contribution in [0.2, 0.25) is 0 Å². The molecule has 1 aromatic rings. The second kappa shape index (κ2) is 7.35. The van der Waals surface area contributed by atoms with Crippen LogP contribution in [0.5, 0.6) is 0 Å². The van der Waals surface area contributed by atoms with Crippen LogP contribution in [0.25, 0.3) is 0 Å². The molecule has 0 saturated carbocycles. The van der Waals surface area contributed by atoms with E-state index >= 15 is 0 Å². The molecular formula is C16H22N2O4. The smallest absolute Gasteiger partial charge is 0.311 e. The molecule has 1 fully saturated rings. The molecule has 2 rings (SSSR count). The Bertz CT molecular complexity index is 520. The van der Waals surface area contributed by atoms with Gasteiger partial charge in [-0.2, -0.15) is 0 Å². The maximum atomic E-state index is 12.4. The largest absolute Gasteiger partial charge is 0.466 e. The standard InChI is InChI=1S/C16H22N2O4/c1-4-21-15(19)11-10-18(3)14(12-8-6-7-9-17-12)13(11)16(20)22-5-2/h6-9,11,13-14H,4-5,10H2,1-3H3/t11-,13+,14+/m0/s1. The van der Waals surface area contributed by atoms with E-state index in [9.17, 15) is 9.59 Å². The molecule has 22 heavy (non-hydrogen) atoms. The van der Waals surface area contributed by atoms with Gasteiger partial charge in [0.2, 0.25) is 0 Å². The van der Waals surface area contributed by atoms with E-state index in [1.165, 1.54) is 0 Å². The van der Waals surface area contributed by atoms with Crippen LogP contribution in [0.4, 0.5) is 0 Å². The second-order valence-electron chi connectivity index (χ2n) is 5.28. The number of aromatic nitrogens is 1. The first-order chi connectivity index (χ1) is 10.6. The summed E-state index contributed by atoms with van der Waals surface area (Å²) in [4.78, 5) is 30.9. The predicted molar refractivity (Wildman–Crippen MR) is 79.9 cm³/mol. The van der Waals surface area contributed by atoms with Gasteiger partial charge in [-0.25, -0.2) is 0 Å². The Morgan fingerprint density at radius 1 is 1.23 bits per heavy atom. The summed E-state index contributed by atoms with van der Waals surface area (Å²) < 4.78 is 10.3. The van der Waals surface area contributed by atoms with E-state index in [1.54, 1.807) is 20.0 Å². The zero-order valence-corrected chi connectivity index (χ0v) is 13.2. The Morgan fingerprint density at radius 3 is 2.50 bits per heavy atom. The van der Waals surface area contributed by atoms with E-state index in [-0.39, 0.29) is 24.6 Å². The maximum absolute atomic E-state index is 12.4. The number of carbonyl (C=O) groups excluding carboxylic acids is 2. The summed E-state index contributed by atoms with van der Waals surface area (Å²) in [5, 5.41) is 0. The molecule has 120 valence electrons. The van der Waals surface area contributed by atoms with Gasteiger partial charge in [0.25, 0.3) is 0 Å². The molecule has 0 unspecified atom stereocenters. The molecule has 2 heterocycles. The molecule has 1 aromatic heterocycles. The van der Waals surface area contributed by atoms with Crippen LogP contribution in [-0.2, 0) is 19.1 Å². The Labute approximate surface area is 130 Å². The lowest BCUT2D eigenvalue weighted by Gasteiger charge is -2.24. The van der Waals surface area contributed by atoms with Crippen molar-refractivity contribution in [3.8, 4) is 0 Å². The quantitative estimate of drug-likeness (QED) is 0.767. The normalized spacial score (nSPS) is 25.0. The van der Waals surface area contributed by atoms with E-state index in [4.69, 9.17) is 9.47 Å². The molecule has 0 spiro atoms. The van der Waals surface area contributed by atoms with Crippen LogP contribution in [0.3, 0.4) is 0 Å². The third-order valence-electron chi connectivity index (χ3n) is 3.87. The molecule has 6 nitrogen and oxygen atoms in total. The number of ether oxygens (including phenoxy) is 2. The predicted octanol–water partition coefficient (Wildman–Crippen LogP) is 1.43. The Hall–Kier alpha value is -1.95. The van der Waals surface area contributed by atoms with Crippen molar-refractivity contribution in [1.82, 2.24) is 9.88 Å². The molecule has 0 amide bonds. The Kier molecular flexibility index (Phi) is 5.49. The van der Waals surface area contributed by atoms with Crippen LogP contribution < -0.4 is 0 Å². The van der Waals surface area contributed by atoms with Gasteiger partial charge in [-0.3, -0.25) is 19.5 Å². The fraction of sp³-hybridized carbons (Fsp3) is 0.562. The number of rotatable bonds is 5. The molecule has 0 bridgehead atoms. The highest BCUT2D eigenvalue weighted by Crippen LogP contribution is 2.40. The van der Waals surface area contributed by atoms with Crippen molar-refractivity contribution in [2.75, 3.05) is 26.8 Å². The van der Waals surface area contributed by atoms with Crippen molar-refractivity contribution in [2.24, 2.45) is 11.8 Å². The van der Waals surface area contributed by atoms with Gasteiger partial charge in [0.05, 0.1) is 36.8 Å². The number of esters is 2. The van der Waals surface area contributed by atoms with Gasteiger partial charge in [0, 0.05) is 12.7 Å². The fourth-order valence-electron chi connectivity index (χ4n) is 2.99. The van der Waals surface area contributed by atoms with Crippen LogP contribution in [-0.4, -0.2) is 48.6 Å². The first kappa shape index (κ1) is 16.4. The number of likely N-dealkylation sites (tertiary alicyclic amines) is 1. The monoisotopic (exact) mass is 306 g/mol. The molecule has 0 radical (unpaired) electrons. The van der Waals surface area contributed by atoms with Crippen molar-refractivity contribution in [2.45, 2.75) is 19.9 Å². The van der Waals surface area contributed by atoms with E-state index < -0.39 is 11.8 Å². The number of hydrogen-bond donors (Lipinski definition) is 0. The molecule has 1 saturated heterocycles. The Balaban J connectivity index is 2.34. The lowest BCUT2D eigenvalue weighted by molar-refractivity contribution is -0.159. The molecule has 0 aromatic carbocycles. The van der Waals surface area contributed by atoms with Crippen molar-refractivity contribution in [1.29, 1.82) is 0 Å². The van der Waals surface area contributed by atoms with Gasteiger partial charge in [-0.1, -0.05) is 6.07 Å². The molecule has 1 aliphatic heterocycles. The number of hydrogen-bond acceptors (Lipinski definition) is 6. The van der Waals surface area contributed by atoms with Gasteiger partial charge in [-0.15, -0.1) is 0 Å². The molecule has 0 N–H and O–H groups in total. The summed E-state index contributed by atoms with van der Waals surface area (Å²) in [5.41, 5.74) is 0.759. The van der Waals surface area contributed by atoms with Crippen LogP contribution in [0, 0.1) is 11.8 Å². The summed E-state index contributed by atoms with van der Waals surface area (Å²) in [5.74, 6) is -1.86. The topological polar surface area (TPSA) is 68.7 Å². The lowest BCUT2D eigenvalue weighted by atomic mass is 9.88. The van der Waals surface area contributed by atoms with Crippen molar-refractivity contribution in [3.63, 3.8) is 0 Å². The van der Waals surface area contributed by atoms with Crippen LogP contribution in [0.1, 0.15) is 25.6 Å². The average molecular weight is 306 g/mol. The van der Waals surface area contributed by atoms with E-state index in [0.29, 0.717) is 13.2 Å². The summed E-state index contributed by atoms with van der Waals surface area (Å²) in [6.07, 6.45) is 1.68. The number of pyridine rings is 1. The van der Waals surface area contributed by atoms with Gasteiger partial charge in [-0.05, 0) is 33.0 Å². The van der Waals surface area contributed by atoms with Crippen molar-refractivity contribution >= 4 is 11.9 Å². The van der Waals surface area contributed by atoms with Crippen LogP contribution >= 0.6 is 0 Å². The highest BCUT2D eigenvalue weighted by Gasteiger charge is 2.50. The zero-order chi connectivity index (χ0) is 16.1. The first-order valence-electron chi connectivity index (χ1n) is 7.54. The lowest BCUT2D eigenvalue weighted by Crippen LogP contribution is -2.33. The molecule has 0 aliphatic carbocycles. The minimum absolute atomic E-state index is 0.281. The zero-order valence-electron chi connectivity index (χ0n) is 13.2. The Morgan fingerprint density at radius 2 is 1.91 bits per heavy atom. The highest BCUT2D eigenvalue weighted by atomic mass is 16.5. The third-order valence-corrected chi connectivity index (χ3v) is 3.87. The summed E-state index contributed by atoms with van der Waals surface area (Å²) in [7, 11) is 1.88. The first-order valence-corrected chi connectivity index (χ1v) is 7.54. The second-order valence-corrected chi connectivity index (χ2v) is 5.28. The molecule has 6 heteroatoms. The van der Waals surface area contributed by atoms with E-state index in [1.807, 2.05) is 30.1 Å². The fourth-order valence-corrected chi connectivity index (χ4v) is 2.99. The van der Waals surface area contributed by atoms with E-state index in [0.717, 1.165) is 5.69 Å². The van der Waals surface area contributed by atoms with Gasteiger partial charge < -0.3 is 9.47 Å². The number of nitrogens with zero attached hydrogens (tertiary/aromatic N) is 2. The molecule has 3 atom stereocenters. The van der Waals surface area contributed by atoms with Gasteiger partial charge >= 0.3 is 11.9 Å². The maximum Gasteiger partial charge on any atom is 0.311 e. The van der Waals surface area contributed by atoms with E-state index in [2.05, 4.69) is 4.98 Å². The number of carbonyl (C=O) groups is 2. The minimum Gasteiger partial charge on any atom is -0.466 e.